The molecule has 2 fully saturated rings. The second kappa shape index (κ2) is 1.97. The molecule has 1 nitrogen and oxygen atoms in total. The third kappa shape index (κ3) is 0.878. The van der Waals surface area contributed by atoms with Crippen LogP contribution in [0, 0.1) is 11.3 Å². The maximum absolute atomic E-state index is 5.73. The highest BCUT2D eigenvalue weighted by atomic mass is 14.7. The molecule has 2 N–H and O–H groups in total. The van der Waals surface area contributed by atoms with Gasteiger partial charge in [-0.1, -0.05) is 6.42 Å². The highest BCUT2D eigenvalue weighted by molar-refractivity contribution is 5.07. The molecule has 1 spiro atoms. The van der Waals surface area contributed by atoms with Crippen LogP contribution >= 0.6 is 0 Å². The van der Waals surface area contributed by atoms with Gasteiger partial charge in [-0.2, -0.15) is 0 Å². The predicted octanol–water partition coefficient (Wildman–Crippen LogP) is 1.91. The molecule has 2 aliphatic rings. The summed E-state index contributed by atoms with van der Waals surface area (Å²) in [6, 6.07) is 0.435. The molecular weight excluding hydrogens is 122 g/mol. The van der Waals surface area contributed by atoms with E-state index in [1.165, 1.54) is 32.1 Å². The molecule has 2 aliphatic carbocycles. The van der Waals surface area contributed by atoms with E-state index in [-0.39, 0.29) is 0 Å². The van der Waals surface area contributed by atoms with E-state index in [9.17, 15) is 0 Å². The Hall–Kier alpha value is -0.0400. The number of hydrogen-bond donors (Lipinski definition) is 1. The van der Waals surface area contributed by atoms with Gasteiger partial charge < -0.3 is 5.73 Å². The Morgan fingerprint density at radius 3 is 2.60 bits per heavy atom. The van der Waals surface area contributed by atoms with Crippen LogP contribution in [-0.4, -0.2) is 6.04 Å². The summed E-state index contributed by atoms with van der Waals surface area (Å²) in [5.41, 5.74) is 6.57. The second-order valence-electron chi connectivity index (χ2n) is 4.33. The van der Waals surface area contributed by atoms with Gasteiger partial charge in [-0.3, -0.25) is 0 Å². The molecule has 2 rings (SSSR count). The number of nitrogens with two attached hydrogens (primary N) is 1. The molecule has 0 heterocycles. The summed E-state index contributed by atoms with van der Waals surface area (Å²) in [5, 5.41) is 0. The van der Waals surface area contributed by atoms with Gasteiger partial charge in [-0.05, 0) is 43.9 Å². The van der Waals surface area contributed by atoms with Gasteiger partial charge in [0, 0.05) is 6.04 Å². The molecule has 1 heteroatoms. The van der Waals surface area contributed by atoms with E-state index >= 15 is 0 Å². The zero-order valence-corrected chi connectivity index (χ0v) is 6.77. The summed E-state index contributed by atoms with van der Waals surface area (Å²) >= 11 is 0. The van der Waals surface area contributed by atoms with Crippen LogP contribution in [0.1, 0.15) is 39.0 Å². The minimum absolute atomic E-state index is 0.435. The summed E-state index contributed by atoms with van der Waals surface area (Å²) in [7, 11) is 0. The van der Waals surface area contributed by atoms with Crippen LogP contribution in [0.25, 0.3) is 0 Å². The highest BCUT2D eigenvalue weighted by Gasteiger charge is 2.56. The first-order valence-corrected chi connectivity index (χ1v) is 4.48. The smallest absolute Gasteiger partial charge is 0.00133 e. The van der Waals surface area contributed by atoms with Gasteiger partial charge in [0.1, 0.15) is 0 Å². The first kappa shape index (κ1) is 6.66. The fraction of sp³-hybridized carbons (Fsp3) is 1.00. The predicted molar refractivity (Wildman–Crippen MR) is 42.7 cm³/mol. The first-order valence-electron chi connectivity index (χ1n) is 4.48. The molecular formula is C9H17N. The van der Waals surface area contributed by atoms with Crippen molar-refractivity contribution in [3.05, 3.63) is 0 Å². The topological polar surface area (TPSA) is 26.0 Å². The van der Waals surface area contributed by atoms with Crippen LogP contribution < -0.4 is 5.73 Å². The largest absolute Gasteiger partial charge is 0.328 e. The summed E-state index contributed by atoms with van der Waals surface area (Å²) < 4.78 is 0. The molecule has 0 radical (unpaired) electrons. The summed E-state index contributed by atoms with van der Waals surface area (Å²) in [6.45, 7) is 2.13. The lowest BCUT2D eigenvalue weighted by Crippen LogP contribution is -2.20. The zero-order chi connectivity index (χ0) is 7.19. The number of hydrogen-bond acceptors (Lipinski definition) is 1. The van der Waals surface area contributed by atoms with Gasteiger partial charge in [0.05, 0.1) is 0 Å². The Balaban J connectivity index is 1.79. The summed E-state index contributed by atoms with van der Waals surface area (Å²) in [4.78, 5) is 0. The minimum Gasteiger partial charge on any atom is -0.328 e. The van der Waals surface area contributed by atoms with Crippen molar-refractivity contribution in [2.75, 3.05) is 0 Å². The highest BCUT2D eigenvalue weighted by Crippen LogP contribution is 2.66. The molecule has 2 atom stereocenters. The van der Waals surface area contributed by atoms with Crippen LogP contribution in [0.5, 0.6) is 0 Å². The minimum atomic E-state index is 0.435. The van der Waals surface area contributed by atoms with Gasteiger partial charge in [-0.25, -0.2) is 0 Å². The number of rotatable bonds is 2. The quantitative estimate of drug-likeness (QED) is 0.621. The van der Waals surface area contributed by atoms with E-state index in [1.54, 1.807) is 0 Å². The lowest BCUT2D eigenvalue weighted by molar-refractivity contribution is 0.250. The van der Waals surface area contributed by atoms with Crippen LogP contribution in [0.4, 0.5) is 0 Å². The Kier molecular flexibility index (Phi) is 1.31. The molecule has 2 unspecified atom stereocenters. The van der Waals surface area contributed by atoms with E-state index in [2.05, 4.69) is 6.92 Å². The van der Waals surface area contributed by atoms with E-state index < -0.39 is 0 Å². The van der Waals surface area contributed by atoms with E-state index in [4.69, 9.17) is 5.73 Å². The second-order valence-corrected chi connectivity index (χ2v) is 4.33. The summed E-state index contributed by atoms with van der Waals surface area (Å²) in [6.07, 6.45) is 7.26. The fourth-order valence-corrected chi connectivity index (χ4v) is 2.46. The third-order valence-corrected chi connectivity index (χ3v) is 3.36. The first-order chi connectivity index (χ1) is 4.73. The Labute approximate surface area is 63.0 Å². The van der Waals surface area contributed by atoms with Crippen LogP contribution in [0.2, 0.25) is 0 Å². The zero-order valence-electron chi connectivity index (χ0n) is 6.77. The maximum Gasteiger partial charge on any atom is 0.00133 e. The van der Waals surface area contributed by atoms with Gasteiger partial charge in [-0.15, -0.1) is 0 Å². The van der Waals surface area contributed by atoms with Crippen molar-refractivity contribution in [3.63, 3.8) is 0 Å². The SMILES string of the molecule is CC(N)CC1CC12CCC2. The van der Waals surface area contributed by atoms with Crippen molar-refractivity contribution >= 4 is 0 Å². The molecule has 0 aromatic rings. The van der Waals surface area contributed by atoms with Crippen molar-refractivity contribution in [1.29, 1.82) is 0 Å². The average Bonchev–Trinajstić information content (AvgIpc) is 2.37. The van der Waals surface area contributed by atoms with Crippen molar-refractivity contribution in [2.45, 2.75) is 45.1 Å². The monoisotopic (exact) mass is 139 g/mol. The lowest BCUT2D eigenvalue weighted by atomic mass is 9.79. The fourth-order valence-electron chi connectivity index (χ4n) is 2.46. The van der Waals surface area contributed by atoms with Gasteiger partial charge >= 0.3 is 0 Å². The Morgan fingerprint density at radius 2 is 2.30 bits per heavy atom. The van der Waals surface area contributed by atoms with Crippen molar-refractivity contribution < 1.29 is 0 Å². The molecule has 0 aromatic heterocycles. The van der Waals surface area contributed by atoms with Gasteiger partial charge in [0.2, 0.25) is 0 Å². The molecule has 2 saturated carbocycles. The molecule has 0 saturated heterocycles. The van der Waals surface area contributed by atoms with Gasteiger partial charge in [0.25, 0.3) is 0 Å². The molecule has 0 aromatic carbocycles. The van der Waals surface area contributed by atoms with E-state index in [0.29, 0.717) is 6.04 Å². The molecule has 10 heavy (non-hydrogen) atoms. The summed E-state index contributed by atoms with van der Waals surface area (Å²) in [5.74, 6) is 1.02. The third-order valence-electron chi connectivity index (χ3n) is 3.36. The van der Waals surface area contributed by atoms with E-state index in [0.717, 1.165) is 11.3 Å². The van der Waals surface area contributed by atoms with Crippen LogP contribution in [-0.2, 0) is 0 Å². The normalized spacial score (nSPS) is 37.2. The Morgan fingerprint density at radius 1 is 1.60 bits per heavy atom. The maximum atomic E-state index is 5.73. The van der Waals surface area contributed by atoms with Crippen LogP contribution in [0.3, 0.4) is 0 Å². The molecule has 0 bridgehead atoms. The molecule has 58 valence electrons. The van der Waals surface area contributed by atoms with Crippen molar-refractivity contribution in [2.24, 2.45) is 17.1 Å². The van der Waals surface area contributed by atoms with Crippen molar-refractivity contribution in [1.82, 2.24) is 0 Å². The van der Waals surface area contributed by atoms with E-state index in [1.807, 2.05) is 0 Å². The standard InChI is InChI=1S/C9H17N/c1-7(10)5-8-6-9(8)3-2-4-9/h7-8H,2-6,10H2,1H3. The average molecular weight is 139 g/mol. The Bertz CT molecular complexity index is 136. The van der Waals surface area contributed by atoms with Gasteiger partial charge in [0.15, 0.2) is 0 Å². The molecule has 0 aliphatic heterocycles. The van der Waals surface area contributed by atoms with Crippen LogP contribution in [0.15, 0.2) is 0 Å². The lowest BCUT2D eigenvalue weighted by Gasteiger charge is -2.27. The van der Waals surface area contributed by atoms with Crippen molar-refractivity contribution in [3.8, 4) is 0 Å². The molecule has 0 amide bonds.